The van der Waals surface area contributed by atoms with Gasteiger partial charge in [-0.15, -0.1) is 0 Å². The van der Waals surface area contributed by atoms with Crippen molar-refractivity contribution in [2.24, 2.45) is 0 Å². The molecule has 20 heavy (non-hydrogen) atoms. The number of hydrogen-bond acceptors (Lipinski definition) is 5. The number of nitrogens with zero attached hydrogens (tertiary/aromatic N) is 3. The Morgan fingerprint density at radius 2 is 2.25 bits per heavy atom. The molecule has 0 saturated carbocycles. The van der Waals surface area contributed by atoms with Crippen molar-refractivity contribution in [2.45, 2.75) is 46.4 Å². The topological polar surface area (TPSA) is 50.3 Å². The molecule has 1 unspecified atom stereocenters. The third-order valence-corrected chi connectivity index (χ3v) is 3.60. The molecule has 2 heterocycles. The van der Waals surface area contributed by atoms with Gasteiger partial charge in [0.2, 0.25) is 0 Å². The summed E-state index contributed by atoms with van der Waals surface area (Å²) in [6, 6.07) is 2.57. The summed E-state index contributed by atoms with van der Waals surface area (Å²) in [5.74, 6) is 0.822. The van der Waals surface area contributed by atoms with Crippen LogP contribution in [0.4, 0.5) is 0 Å². The van der Waals surface area contributed by atoms with E-state index in [1.807, 2.05) is 13.0 Å². The van der Waals surface area contributed by atoms with Gasteiger partial charge in [-0.05, 0) is 33.4 Å². The Labute approximate surface area is 121 Å². The molecule has 0 spiro atoms. The smallest absolute Gasteiger partial charge is 0.158 e. The Kier molecular flexibility index (Phi) is 5.46. The zero-order valence-corrected chi connectivity index (χ0v) is 13.0. The highest BCUT2D eigenvalue weighted by Crippen LogP contribution is 2.21. The van der Waals surface area contributed by atoms with Crippen molar-refractivity contribution in [3.63, 3.8) is 0 Å². The number of rotatable bonds is 5. The summed E-state index contributed by atoms with van der Waals surface area (Å²) in [6.45, 7) is 12.9. The van der Waals surface area contributed by atoms with Crippen molar-refractivity contribution in [3.8, 4) is 0 Å². The lowest BCUT2D eigenvalue weighted by atomic mass is 10.2. The average molecular weight is 278 g/mol. The molecule has 1 saturated heterocycles. The van der Waals surface area contributed by atoms with Gasteiger partial charge in [-0.1, -0.05) is 6.92 Å². The van der Waals surface area contributed by atoms with E-state index in [1.165, 1.54) is 0 Å². The lowest BCUT2D eigenvalue weighted by Crippen LogP contribution is -2.42. The van der Waals surface area contributed by atoms with Crippen LogP contribution < -0.4 is 5.32 Å². The lowest BCUT2D eigenvalue weighted by molar-refractivity contribution is -0.0444. The minimum atomic E-state index is -0.00794. The Morgan fingerprint density at radius 3 is 2.95 bits per heavy atom. The Hall–Kier alpha value is -1.04. The van der Waals surface area contributed by atoms with Crippen molar-refractivity contribution in [1.29, 1.82) is 0 Å². The summed E-state index contributed by atoms with van der Waals surface area (Å²) in [6.07, 6.45) is -0.00794. The summed E-state index contributed by atoms with van der Waals surface area (Å²) in [5.41, 5.74) is 2.05. The molecule has 1 aliphatic rings. The molecular weight excluding hydrogens is 252 g/mol. The molecule has 0 aromatic carbocycles. The van der Waals surface area contributed by atoms with E-state index >= 15 is 0 Å². The van der Waals surface area contributed by atoms with Gasteiger partial charge in [0, 0.05) is 31.4 Å². The highest BCUT2D eigenvalue weighted by atomic mass is 16.5. The van der Waals surface area contributed by atoms with Crippen LogP contribution in [0.1, 0.15) is 44.1 Å². The maximum atomic E-state index is 5.87. The van der Waals surface area contributed by atoms with Crippen LogP contribution in [0.5, 0.6) is 0 Å². The van der Waals surface area contributed by atoms with Crippen molar-refractivity contribution in [1.82, 2.24) is 20.2 Å². The lowest BCUT2D eigenvalue weighted by Gasteiger charge is -2.34. The number of aryl methyl sites for hydroxylation is 1. The summed E-state index contributed by atoms with van der Waals surface area (Å²) < 4.78 is 5.87. The van der Waals surface area contributed by atoms with Crippen molar-refractivity contribution < 1.29 is 4.74 Å². The van der Waals surface area contributed by atoms with E-state index in [-0.39, 0.29) is 6.10 Å². The van der Waals surface area contributed by atoms with Gasteiger partial charge >= 0.3 is 0 Å². The summed E-state index contributed by atoms with van der Waals surface area (Å²) >= 11 is 0. The molecule has 0 bridgehead atoms. The SMILES string of the molecule is CCNCc1cc(C)nc(C2CN(C(C)C)CCO2)n1. The Balaban J connectivity index is 2.12. The number of nitrogens with one attached hydrogen (secondary N) is 1. The molecule has 0 aliphatic carbocycles. The molecule has 0 amide bonds. The second-order valence-electron chi connectivity index (χ2n) is 5.59. The van der Waals surface area contributed by atoms with E-state index in [9.17, 15) is 0 Å². The van der Waals surface area contributed by atoms with Crippen LogP contribution in [0.2, 0.25) is 0 Å². The standard InChI is InChI=1S/C15H26N4O/c1-5-16-9-13-8-12(4)17-15(18-13)14-10-19(11(2)3)6-7-20-14/h8,11,14,16H,5-7,9-10H2,1-4H3. The normalized spacial score (nSPS) is 20.6. The predicted octanol–water partition coefficient (Wildman–Crippen LogP) is 1.68. The fraction of sp³-hybridized carbons (Fsp3) is 0.733. The van der Waals surface area contributed by atoms with Crippen LogP contribution in [-0.2, 0) is 11.3 Å². The van der Waals surface area contributed by atoms with Gasteiger partial charge in [0.05, 0.1) is 12.3 Å². The van der Waals surface area contributed by atoms with Crippen LogP contribution >= 0.6 is 0 Å². The van der Waals surface area contributed by atoms with E-state index in [2.05, 4.69) is 41.0 Å². The minimum absolute atomic E-state index is 0.00794. The van der Waals surface area contributed by atoms with Gasteiger partial charge in [-0.2, -0.15) is 0 Å². The molecule has 0 radical (unpaired) electrons. The van der Waals surface area contributed by atoms with Gasteiger partial charge in [0.1, 0.15) is 6.10 Å². The molecule has 1 fully saturated rings. The zero-order chi connectivity index (χ0) is 14.5. The monoisotopic (exact) mass is 278 g/mol. The molecular formula is C15H26N4O. The first-order valence-electron chi connectivity index (χ1n) is 7.51. The molecule has 1 aromatic rings. The van der Waals surface area contributed by atoms with Crippen LogP contribution in [0.3, 0.4) is 0 Å². The van der Waals surface area contributed by atoms with Gasteiger partial charge < -0.3 is 10.1 Å². The molecule has 1 atom stereocenters. The first-order chi connectivity index (χ1) is 9.60. The molecule has 1 aliphatic heterocycles. The van der Waals surface area contributed by atoms with Crippen LogP contribution in [0.25, 0.3) is 0 Å². The van der Waals surface area contributed by atoms with Gasteiger partial charge in [-0.25, -0.2) is 9.97 Å². The van der Waals surface area contributed by atoms with E-state index in [0.717, 1.165) is 50.0 Å². The van der Waals surface area contributed by atoms with Gasteiger partial charge in [0.25, 0.3) is 0 Å². The fourth-order valence-electron chi connectivity index (χ4n) is 2.44. The van der Waals surface area contributed by atoms with Crippen LogP contribution in [0.15, 0.2) is 6.07 Å². The van der Waals surface area contributed by atoms with Crippen molar-refractivity contribution in [2.75, 3.05) is 26.2 Å². The molecule has 5 heteroatoms. The van der Waals surface area contributed by atoms with E-state index in [1.54, 1.807) is 0 Å². The van der Waals surface area contributed by atoms with Gasteiger partial charge in [-0.3, -0.25) is 4.90 Å². The summed E-state index contributed by atoms with van der Waals surface area (Å²) in [7, 11) is 0. The Bertz CT molecular complexity index is 436. The number of hydrogen-bond donors (Lipinski definition) is 1. The molecule has 5 nitrogen and oxygen atoms in total. The maximum absolute atomic E-state index is 5.87. The van der Waals surface area contributed by atoms with Crippen molar-refractivity contribution >= 4 is 0 Å². The second-order valence-corrected chi connectivity index (χ2v) is 5.59. The second kappa shape index (κ2) is 7.11. The van der Waals surface area contributed by atoms with E-state index in [4.69, 9.17) is 4.74 Å². The summed E-state index contributed by atoms with van der Waals surface area (Å²) in [5, 5.41) is 3.31. The number of morpholine rings is 1. The highest BCUT2D eigenvalue weighted by Gasteiger charge is 2.25. The first-order valence-corrected chi connectivity index (χ1v) is 7.51. The van der Waals surface area contributed by atoms with Crippen LogP contribution in [-0.4, -0.2) is 47.2 Å². The van der Waals surface area contributed by atoms with E-state index < -0.39 is 0 Å². The third-order valence-electron chi connectivity index (χ3n) is 3.60. The fourth-order valence-corrected chi connectivity index (χ4v) is 2.44. The highest BCUT2D eigenvalue weighted by molar-refractivity contribution is 5.12. The number of aromatic nitrogens is 2. The minimum Gasteiger partial charge on any atom is -0.368 e. The molecule has 1 N–H and O–H groups in total. The van der Waals surface area contributed by atoms with E-state index in [0.29, 0.717) is 6.04 Å². The summed E-state index contributed by atoms with van der Waals surface area (Å²) in [4.78, 5) is 11.7. The van der Waals surface area contributed by atoms with Crippen molar-refractivity contribution in [3.05, 3.63) is 23.3 Å². The zero-order valence-electron chi connectivity index (χ0n) is 13.0. The quantitative estimate of drug-likeness (QED) is 0.888. The number of ether oxygens (including phenoxy) is 1. The third kappa shape index (κ3) is 3.98. The molecule has 2 rings (SSSR count). The largest absolute Gasteiger partial charge is 0.368 e. The molecule has 1 aromatic heterocycles. The Morgan fingerprint density at radius 1 is 1.45 bits per heavy atom. The first kappa shape index (κ1) is 15.4. The van der Waals surface area contributed by atoms with Crippen LogP contribution in [0, 0.1) is 6.92 Å². The predicted molar refractivity (Wildman–Crippen MR) is 79.6 cm³/mol. The average Bonchev–Trinajstić information content (AvgIpc) is 2.44. The molecule has 112 valence electrons. The van der Waals surface area contributed by atoms with Gasteiger partial charge in [0.15, 0.2) is 5.82 Å². The maximum Gasteiger partial charge on any atom is 0.158 e.